The van der Waals surface area contributed by atoms with Crippen LogP contribution < -0.4 is 15.0 Å². The minimum Gasteiger partial charge on any atom is -0.479 e. The highest BCUT2D eigenvalue weighted by Crippen LogP contribution is 2.33. The first-order valence-corrected chi connectivity index (χ1v) is 7.65. The molecule has 6 heteroatoms. The largest absolute Gasteiger partial charge is 0.479 e. The molecule has 22 heavy (non-hydrogen) atoms. The smallest absolute Gasteiger partial charge is 0.268 e. The first-order valence-electron chi connectivity index (χ1n) is 7.65. The van der Waals surface area contributed by atoms with Gasteiger partial charge in [-0.3, -0.25) is 14.5 Å². The summed E-state index contributed by atoms with van der Waals surface area (Å²) in [5.41, 5.74) is 0.668. The molecule has 0 radical (unpaired) electrons. The summed E-state index contributed by atoms with van der Waals surface area (Å²) < 4.78 is 5.60. The molecular formula is C16H21N3O3. The summed E-state index contributed by atoms with van der Waals surface area (Å²) in [6.45, 7) is 6.05. The molecule has 2 heterocycles. The molecular weight excluding hydrogens is 282 g/mol. The molecule has 1 saturated heterocycles. The van der Waals surface area contributed by atoms with Crippen molar-refractivity contribution in [3.05, 3.63) is 24.3 Å². The minimum atomic E-state index is -0.567. The summed E-state index contributed by atoms with van der Waals surface area (Å²) in [6.07, 6.45) is -0.567. The topological polar surface area (TPSA) is 61.9 Å². The lowest BCUT2D eigenvalue weighted by atomic mass is 10.1. The molecule has 3 rings (SSSR count). The number of rotatable bonds is 2. The van der Waals surface area contributed by atoms with Crippen LogP contribution in [0.25, 0.3) is 0 Å². The number of ether oxygens (including phenoxy) is 1. The van der Waals surface area contributed by atoms with Crippen LogP contribution in [0.1, 0.15) is 13.8 Å². The van der Waals surface area contributed by atoms with Crippen molar-refractivity contribution in [1.82, 2.24) is 10.2 Å². The van der Waals surface area contributed by atoms with Crippen LogP contribution in [0.4, 0.5) is 5.69 Å². The predicted molar refractivity (Wildman–Crippen MR) is 82.9 cm³/mol. The summed E-state index contributed by atoms with van der Waals surface area (Å²) in [6, 6.07) is 7.48. The van der Waals surface area contributed by atoms with Gasteiger partial charge in [-0.25, -0.2) is 0 Å². The number of nitrogens with zero attached hydrogens (tertiary/aromatic N) is 2. The van der Waals surface area contributed by atoms with Crippen LogP contribution in [-0.2, 0) is 9.59 Å². The van der Waals surface area contributed by atoms with Crippen LogP contribution in [0.3, 0.4) is 0 Å². The van der Waals surface area contributed by atoms with Gasteiger partial charge < -0.3 is 15.0 Å². The van der Waals surface area contributed by atoms with Gasteiger partial charge in [-0.15, -0.1) is 0 Å². The van der Waals surface area contributed by atoms with E-state index in [1.54, 1.807) is 11.8 Å². The van der Waals surface area contributed by atoms with Crippen LogP contribution in [0.5, 0.6) is 5.75 Å². The van der Waals surface area contributed by atoms with Gasteiger partial charge in [0.15, 0.2) is 6.10 Å². The van der Waals surface area contributed by atoms with Gasteiger partial charge in [0.05, 0.1) is 5.69 Å². The van der Waals surface area contributed by atoms with Gasteiger partial charge in [0.1, 0.15) is 12.3 Å². The summed E-state index contributed by atoms with van der Waals surface area (Å²) >= 11 is 0. The number of nitrogens with one attached hydrogen (secondary N) is 1. The number of carbonyl (C=O) groups excluding carboxylic acids is 2. The van der Waals surface area contributed by atoms with Crippen LogP contribution >= 0.6 is 0 Å². The second-order valence-electron chi connectivity index (χ2n) is 5.79. The fraction of sp³-hybridized carbons (Fsp3) is 0.500. The maximum Gasteiger partial charge on any atom is 0.268 e. The number of fused-ring (bicyclic) bond motifs is 1. The Balaban J connectivity index is 1.81. The molecule has 2 unspecified atom stereocenters. The number of amides is 2. The zero-order chi connectivity index (χ0) is 15.7. The summed E-state index contributed by atoms with van der Waals surface area (Å²) in [7, 11) is 0. The van der Waals surface area contributed by atoms with E-state index in [0.29, 0.717) is 18.0 Å². The zero-order valence-corrected chi connectivity index (χ0v) is 12.9. The number of para-hydroxylation sites is 2. The molecule has 1 fully saturated rings. The van der Waals surface area contributed by atoms with Crippen LogP contribution in [0.15, 0.2) is 24.3 Å². The lowest BCUT2D eigenvalue weighted by molar-refractivity contribution is -0.135. The number of benzene rings is 1. The highest BCUT2D eigenvalue weighted by Gasteiger charge is 2.34. The highest BCUT2D eigenvalue weighted by molar-refractivity contribution is 6.03. The van der Waals surface area contributed by atoms with Gasteiger partial charge in [0.2, 0.25) is 5.91 Å². The standard InChI is InChI=1S/C16H21N3O3/c1-11-9-17-7-8-18(11)15(20)10-19-13-5-3-4-6-14(13)22-12(2)16(19)21/h3-6,11-12,17H,7-10H2,1-2H3. The second-order valence-corrected chi connectivity index (χ2v) is 5.79. The number of hydrogen-bond donors (Lipinski definition) is 1. The average Bonchev–Trinajstić information content (AvgIpc) is 2.52. The van der Waals surface area contributed by atoms with Gasteiger partial charge in [0, 0.05) is 25.7 Å². The molecule has 0 aliphatic carbocycles. The summed E-state index contributed by atoms with van der Waals surface area (Å²) in [4.78, 5) is 28.4. The van der Waals surface area contributed by atoms with Gasteiger partial charge in [-0.2, -0.15) is 0 Å². The normalized spacial score (nSPS) is 24.7. The number of hydrogen-bond acceptors (Lipinski definition) is 4. The Labute approximate surface area is 130 Å². The van der Waals surface area contributed by atoms with E-state index in [0.717, 1.165) is 13.1 Å². The molecule has 118 valence electrons. The predicted octanol–water partition coefficient (Wildman–Crippen LogP) is 0.621. The third-order valence-corrected chi connectivity index (χ3v) is 4.19. The molecule has 6 nitrogen and oxygen atoms in total. The van der Waals surface area contributed by atoms with E-state index in [2.05, 4.69) is 5.32 Å². The maximum absolute atomic E-state index is 12.6. The summed E-state index contributed by atoms with van der Waals surface area (Å²) in [5, 5.41) is 3.26. The Kier molecular flexibility index (Phi) is 4.02. The van der Waals surface area contributed by atoms with Crippen molar-refractivity contribution in [1.29, 1.82) is 0 Å². The number of anilines is 1. The van der Waals surface area contributed by atoms with Crippen LogP contribution in [-0.4, -0.2) is 55.0 Å². The number of piperazine rings is 1. The van der Waals surface area contributed by atoms with Crippen LogP contribution in [0.2, 0.25) is 0 Å². The molecule has 0 aromatic heterocycles. The van der Waals surface area contributed by atoms with Crippen molar-refractivity contribution in [2.24, 2.45) is 0 Å². The van der Waals surface area contributed by atoms with Crippen molar-refractivity contribution in [3.63, 3.8) is 0 Å². The molecule has 2 amide bonds. The van der Waals surface area contributed by atoms with E-state index >= 15 is 0 Å². The minimum absolute atomic E-state index is 0.0220. The summed E-state index contributed by atoms with van der Waals surface area (Å²) in [5.74, 6) is 0.455. The Bertz CT molecular complexity index is 590. The van der Waals surface area contributed by atoms with E-state index in [-0.39, 0.29) is 24.4 Å². The molecule has 0 spiro atoms. The third-order valence-electron chi connectivity index (χ3n) is 4.19. The monoisotopic (exact) mass is 303 g/mol. The Morgan fingerprint density at radius 3 is 2.91 bits per heavy atom. The van der Waals surface area contributed by atoms with E-state index in [9.17, 15) is 9.59 Å². The van der Waals surface area contributed by atoms with Crippen molar-refractivity contribution in [2.75, 3.05) is 31.1 Å². The average molecular weight is 303 g/mol. The van der Waals surface area contributed by atoms with Gasteiger partial charge in [-0.05, 0) is 26.0 Å². The van der Waals surface area contributed by atoms with Crippen molar-refractivity contribution in [3.8, 4) is 5.75 Å². The molecule has 1 aromatic rings. The first-order chi connectivity index (χ1) is 10.6. The van der Waals surface area contributed by atoms with Crippen LogP contribution in [0, 0.1) is 0 Å². The van der Waals surface area contributed by atoms with E-state index in [1.807, 2.05) is 36.1 Å². The first kappa shape index (κ1) is 14.8. The molecule has 0 saturated carbocycles. The molecule has 1 aromatic carbocycles. The molecule has 2 atom stereocenters. The Morgan fingerprint density at radius 2 is 2.14 bits per heavy atom. The van der Waals surface area contributed by atoms with Crippen molar-refractivity contribution < 1.29 is 14.3 Å². The van der Waals surface area contributed by atoms with Crippen molar-refractivity contribution >= 4 is 17.5 Å². The van der Waals surface area contributed by atoms with E-state index in [4.69, 9.17) is 4.74 Å². The van der Waals surface area contributed by atoms with Gasteiger partial charge in [-0.1, -0.05) is 12.1 Å². The van der Waals surface area contributed by atoms with Gasteiger partial charge >= 0.3 is 0 Å². The van der Waals surface area contributed by atoms with E-state index in [1.165, 1.54) is 0 Å². The zero-order valence-electron chi connectivity index (χ0n) is 12.9. The van der Waals surface area contributed by atoms with E-state index < -0.39 is 6.10 Å². The highest BCUT2D eigenvalue weighted by atomic mass is 16.5. The lowest BCUT2D eigenvalue weighted by Crippen LogP contribution is -2.56. The number of carbonyl (C=O) groups is 2. The Hall–Kier alpha value is -2.08. The lowest BCUT2D eigenvalue weighted by Gasteiger charge is -2.37. The molecule has 2 aliphatic rings. The third kappa shape index (κ3) is 2.66. The second kappa shape index (κ2) is 5.96. The maximum atomic E-state index is 12.6. The fourth-order valence-corrected chi connectivity index (χ4v) is 2.96. The van der Waals surface area contributed by atoms with Crippen molar-refractivity contribution in [2.45, 2.75) is 26.0 Å². The van der Waals surface area contributed by atoms with Gasteiger partial charge in [0.25, 0.3) is 5.91 Å². The quantitative estimate of drug-likeness (QED) is 0.870. The molecule has 1 N–H and O–H groups in total. The Morgan fingerprint density at radius 1 is 1.36 bits per heavy atom. The SMILES string of the molecule is CC1Oc2ccccc2N(CC(=O)N2CCNCC2C)C1=O. The fourth-order valence-electron chi connectivity index (χ4n) is 2.96. The molecule has 2 aliphatic heterocycles. The molecule has 0 bridgehead atoms.